The fraction of sp³-hybridized carbons (Fsp3) is 0.652. The minimum atomic E-state index is 0.337. The maximum Gasteiger partial charge on any atom is 0.155 e. The number of ketones is 1. The summed E-state index contributed by atoms with van der Waals surface area (Å²) in [5, 5.41) is 3.42. The molecule has 0 spiro atoms. The number of rotatable bonds is 10. The Morgan fingerprint density at radius 2 is 1.89 bits per heavy atom. The molecule has 154 valence electrons. The second-order valence-electron chi connectivity index (χ2n) is 8.02. The van der Waals surface area contributed by atoms with Gasteiger partial charge in [0.15, 0.2) is 11.6 Å². The SMILES string of the molecule is CCNc1cccnc1N1CCN(CCCCCCC2=CC(=O)CCC2)CC1. The number of nitrogens with one attached hydrogen (secondary N) is 1. The van der Waals surface area contributed by atoms with Crippen molar-refractivity contribution in [1.29, 1.82) is 0 Å². The summed E-state index contributed by atoms with van der Waals surface area (Å²) in [7, 11) is 0. The van der Waals surface area contributed by atoms with E-state index in [0.717, 1.165) is 69.9 Å². The first-order chi connectivity index (χ1) is 13.8. The number of unbranched alkanes of at least 4 members (excludes halogenated alkanes) is 3. The lowest BCUT2D eigenvalue weighted by molar-refractivity contribution is -0.115. The Hall–Kier alpha value is -1.88. The molecule has 0 aromatic carbocycles. The maximum absolute atomic E-state index is 11.5. The van der Waals surface area contributed by atoms with Gasteiger partial charge in [0.1, 0.15) is 0 Å². The Morgan fingerprint density at radius 3 is 2.68 bits per heavy atom. The lowest BCUT2D eigenvalue weighted by Gasteiger charge is -2.36. The van der Waals surface area contributed by atoms with Crippen LogP contribution in [0.15, 0.2) is 30.0 Å². The zero-order valence-corrected chi connectivity index (χ0v) is 17.5. The molecule has 2 aliphatic rings. The van der Waals surface area contributed by atoms with Crippen molar-refractivity contribution in [3.63, 3.8) is 0 Å². The molecule has 1 aliphatic heterocycles. The molecule has 0 radical (unpaired) electrons. The molecule has 3 rings (SSSR count). The van der Waals surface area contributed by atoms with Crippen LogP contribution < -0.4 is 10.2 Å². The van der Waals surface area contributed by atoms with Gasteiger partial charge in [0, 0.05) is 45.3 Å². The molecule has 1 aromatic rings. The number of allylic oxidation sites excluding steroid dienone is 2. The molecule has 1 saturated heterocycles. The number of hydrogen-bond acceptors (Lipinski definition) is 5. The molecular weight excluding hydrogens is 348 g/mol. The molecule has 0 atom stereocenters. The van der Waals surface area contributed by atoms with Gasteiger partial charge in [-0.1, -0.05) is 18.4 Å². The van der Waals surface area contributed by atoms with E-state index < -0.39 is 0 Å². The lowest BCUT2D eigenvalue weighted by atomic mass is 9.94. The first-order valence-corrected chi connectivity index (χ1v) is 11.1. The summed E-state index contributed by atoms with van der Waals surface area (Å²) in [5.41, 5.74) is 2.53. The largest absolute Gasteiger partial charge is 0.382 e. The molecule has 28 heavy (non-hydrogen) atoms. The van der Waals surface area contributed by atoms with Gasteiger partial charge in [0.2, 0.25) is 0 Å². The topological polar surface area (TPSA) is 48.5 Å². The van der Waals surface area contributed by atoms with Gasteiger partial charge in [-0.2, -0.15) is 0 Å². The normalized spacial score (nSPS) is 18.2. The highest BCUT2D eigenvalue weighted by Gasteiger charge is 2.19. The van der Waals surface area contributed by atoms with Crippen molar-refractivity contribution in [2.75, 3.05) is 49.5 Å². The fourth-order valence-corrected chi connectivity index (χ4v) is 4.26. The van der Waals surface area contributed by atoms with Crippen molar-refractivity contribution in [1.82, 2.24) is 9.88 Å². The van der Waals surface area contributed by atoms with Crippen LogP contribution in [-0.4, -0.2) is 54.9 Å². The number of aromatic nitrogens is 1. The van der Waals surface area contributed by atoms with Crippen LogP contribution in [0, 0.1) is 0 Å². The van der Waals surface area contributed by atoms with Crippen molar-refractivity contribution >= 4 is 17.3 Å². The minimum absolute atomic E-state index is 0.337. The van der Waals surface area contributed by atoms with Crippen LogP contribution >= 0.6 is 0 Å². The highest BCUT2D eigenvalue weighted by Crippen LogP contribution is 2.24. The predicted molar refractivity (Wildman–Crippen MR) is 117 cm³/mol. The van der Waals surface area contributed by atoms with Gasteiger partial charge in [0.05, 0.1) is 5.69 Å². The number of carbonyl (C=O) groups is 1. The van der Waals surface area contributed by atoms with Crippen molar-refractivity contribution in [2.45, 2.75) is 58.3 Å². The number of hydrogen-bond donors (Lipinski definition) is 1. The van der Waals surface area contributed by atoms with Crippen molar-refractivity contribution in [3.8, 4) is 0 Å². The number of pyridine rings is 1. The van der Waals surface area contributed by atoms with Gasteiger partial charge >= 0.3 is 0 Å². The van der Waals surface area contributed by atoms with Crippen molar-refractivity contribution in [3.05, 3.63) is 30.0 Å². The summed E-state index contributed by atoms with van der Waals surface area (Å²) in [6.07, 6.45) is 13.0. The smallest absolute Gasteiger partial charge is 0.155 e. The molecule has 5 nitrogen and oxygen atoms in total. The molecule has 0 bridgehead atoms. The summed E-state index contributed by atoms with van der Waals surface area (Å²) in [6.45, 7) is 8.60. The maximum atomic E-state index is 11.5. The summed E-state index contributed by atoms with van der Waals surface area (Å²) in [5.74, 6) is 1.43. The second-order valence-corrected chi connectivity index (χ2v) is 8.02. The minimum Gasteiger partial charge on any atom is -0.382 e. The first-order valence-electron chi connectivity index (χ1n) is 11.1. The Morgan fingerprint density at radius 1 is 1.07 bits per heavy atom. The zero-order chi connectivity index (χ0) is 19.6. The van der Waals surface area contributed by atoms with Gasteiger partial charge in [-0.3, -0.25) is 9.69 Å². The van der Waals surface area contributed by atoms with Gasteiger partial charge in [-0.25, -0.2) is 4.98 Å². The number of carbonyl (C=O) groups excluding carboxylic acids is 1. The van der Waals surface area contributed by atoms with E-state index in [1.165, 1.54) is 37.8 Å². The van der Waals surface area contributed by atoms with Gasteiger partial charge in [-0.15, -0.1) is 0 Å². The molecule has 2 heterocycles. The second kappa shape index (κ2) is 11.2. The summed E-state index contributed by atoms with van der Waals surface area (Å²) in [6, 6.07) is 4.12. The van der Waals surface area contributed by atoms with E-state index in [0.29, 0.717) is 5.78 Å². The Balaban J connectivity index is 1.29. The highest BCUT2D eigenvalue weighted by atomic mass is 16.1. The third kappa shape index (κ3) is 6.33. The van der Waals surface area contributed by atoms with Gasteiger partial charge in [0.25, 0.3) is 0 Å². The first kappa shape index (κ1) is 20.8. The molecule has 1 aromatic heterocycles. The lowest BCUT2D eigenvalue weighted by Crippen LogP contribution is -2.47. The fourth-order valence-electron chi connectivity index (χ4n) is 4.26. The third-order valence-corrected chi connectivity index (χ3v) is 5.83. The van der Waals surface area contributed by atoms with Crippen molar-refractivity contribution < 1.29 is 4.79 Å². The van der Waals surface area contributed by atoms with Gasteiger partial charge < -0.3 is 10.2 Å². The van der Waals surface area contributed by atoms with Gasteiger partial charge in [-0.05, 0) is 63.8 Å². The highest BCUT2D eigenvalue weighted by molar-refractivity contribution is 5.91. The molecule has 1 N–H and O–H groups in total. The summed E-state index contributed by atoms with van der Waals surface area (Å²) >= 11 is 0. The van der Waals surface area contributed by atoms with E-state index in [1.807, 2.05) is 18.3 Å². The van der Waals surface area contributed by atoms with E-state index in [9.17, 15) is 4.79 Å². The van der Waals surface area contributed by atoms with Crippen LogP contribution in [0.25, 0.3) is 0 Å². The molecular formula is C23H36N4O. The van der Waals surface area contributed by atoms with E-state index in [1.54, 1.807) is 0 Å². The third-order valence-electron chi connectivity index (χ3n) is 5.83. The average Bonchev–Trinajstić information content (AvgIpc) is 2.72. The number of piperazine rings is 1. The van der Waals surface area contributed by atoms with E-state index >= 15 is 0 Å². The Kier molecular flexibility index (Phi) is 8.34. The molecule has 0 saturated carbocycles. The van der Waals surface area contributed by atoms with E-state index in [4.69, 9.17) is 0 Å². The monoisotopic (exact) mass is 384 g/mol. The van der Waals surface area contributed by atoms with Crippen LogP contribution in [0.5, 0.6) is 0 Å². The standard InChI is InChI=1S/C23H36N4O/c1-2-24-22-12-8-13-25-23(22)27-17-15-26(16-18-27)14-6-4-3-5-9-20-10-7-11-21(28)19-20/h8,12-13,19,24H,2-7,9-11,14-18H2,1H3. The molecule has 0 amide bonds. The summed E-state index contributed by atoms with van der Waals surface area (Å²) < 4.78 is 0. The molecule has 1 aliphatic carbocycles. The van der Waals surface area contributed by atoms with E-state index in [2.05, 4.69) is 33.1 Å². The molecule has 0 unspecified atom stereocenters. The van der Waals surface area contributed by atoms with Crippen molar-refractivity contribution in [2.24, 2.45) is 0 Å². The number of nitrogens with zero attached hydrogens (tertiary/aromatic N) is 3. The quantitative estimate of drug-likeness (QED) is 0.611. The van der Waals surface area contributed by atoms with Crippen LogP contribution in [0.2, 0.25) is 0 Å². The number of anilines is 2. The van der Waals surface area contributed by atoms with Crippen LogP contribution in [-0.2, 0) is 4.79 Å². The van der Waals surface area contributed by atoms with Crippen LogP contribution in [0.3, 0.4) is 0 Å². The zero-order valence-electron chi connectivity index (χ0n) is 17.5. The predicted octanol–water partition coefficient (Wildman–Crippen LogP) is 4.27. The molecule has 1 fully saturated rings. The average molecular weight is 385 g/mol. The van der Waals surface area contributed by atoms with Crippen LogP contribution in [0.1, 0.15) is 58.3 Å². The van der Waals surface area contributed by atoms with Crippen LogP contribution in [0.4, 0.5) is 11.5 Å². The Bertz CT molecular complexity index is 650. The summed E-state index contributed by atoms with van der Waals surface area (Å²) in [4.78, 5) is 21.1. The Labute approximate surface area is 170 Å². The van der Waals surface area contributed by atoms with E-state index in [-0.39, 0.29) is 0 Å². The molecule has 5 heteroatoms.